The SMILES string of the molecule is Cl.O=C(C1CNC1)N1CCCC(C(F)(F)F)C1. The summed E-state index contributed by atoms with van der Waals surface area (Å²) >= 11 is 0. The van der Waals surface area contributed by atoms with Gasteiger partial charge in [0.25, 0.3) is 0 Å². The molecular weight excluding hydrogens is 257 g/mol. The van der Waals surface area contributed by atoms with Crippen LogP contribution in [0.5, 0.6) is 0 Å². The summed E-state index contributed by atoms with van der Waals surface area (Å²) in [4.78, 5) is 13.2. The van der Waals surface area contributed by atoms with E-state index in [1.807, 2.05) is 0 Å². The predicted molar refractivity (Wildman–Crippen MR) is 59.0 cm³/mol. The van der Waals surface area contributed by atoms with Gasteiger partial charge in [0.15, 0.2) is 0 Å². The first-order valence-electron chi connectivity index (χ1n) is 5.54. The van der Waals surface area contributed by atoms with Crippen LogP contribution in [0.2, 0.25) is 0 Å². The molecule has 1 atom stereocenters. The average Bonchev–Trinajstić information content (AvgIpc) is 2.14. The van der Waals surface area contributed by atoms with E-state index in [1.165, 1.54) is 4.90 Å². The summed E-state index contributed by atoms with van der Waals surface area (Å²) in [5.74, 6) is -1.56. The van der Waals surface area contributed by atoms with E-state index in [2.05, 4.69) is 5.32 Å². The number of nitrogens with zero attached hydrogens (tertiary/aromatic N) is 1. The molecule has 0 bridgehead atoms. The van der Waals surface area contributed by atoms with Crippen molar-refractivity contribution in [2.24, 2.45) is 11.8 Å². The lowest BCUT2D eigenvalue weighted by atomic mass is 9.94. The standard InChI is InChI=1S/C10H15F3N2O.ClH/c11-10(12,13)8-2-1-3-15(6-8)9(16)7-4-14-5-7;/h7-8,14H,1-6H2;1H. The fourth-order valence-corrected chi connectivity index (χ4v) is 2.17. The molecular formula is C10H16ClF3N2O. The van der Waals surface area contributed by atoms with Gasteiger partial charge in [-0.2, -0.15) is 13.2 Å². The zero-order chi connectivity index (χ0) is 11.8. The zero-order valence-corrected chi connectivity index (χ0v) is 10.1. The van der Waals surface area contributed by atoms with E-state index in [1.54, 1.807) is 0 Å². The molecule has 2 aliphatic heterocycles. The molecule has 0 saturated carbocycles. The van der Waals surface area contributed by atoms with Gasteiger partial charge in [0.1, 0.15) is 0 Å². The molecule has 2 rings (SSSR count). The summed E-state index contributed by atoms with van der Waals surface area (Å²) in [6.07, 6.45) is -3.57. The van der Waals surface area contributed by atoms with Gasteiger partial charge < -0.3 is 10.2 Å². The summed E-state index contributed by atoms with van der Waals surface area (Å²) in [7, 11) is 0. The highest BCUT2D eigenvalue weighted by Crippen LogP contribution is 2.33. The second-order valence-corrected chi connectivity index (χ2v) is 4.52. The van der Waals surface area contributed by atoms with E-state index in [9.17, 15) is 18.0 Å². The Morgan fingerprint density at radius 3 is 2.41 bits per heavy atom. The minimum Gasteiger partial charge on any atom is -0.342 e. The fraction of sp³-hybridized carbons (Fsp3) is 0.900. The number of nitrogens with one attached hydrogen (secondary N) is 1. The van der Waals surface area contributed by atoms with Crippen LogP contribution < -0.4 is 5.32 Å². The van der Waals surface area contributed by atoms with E-state index >= 15 is 0 Å². The van der Waals surface area contributed by atoms with Crippen LogP contribution in [0.15, 0.2) is 0 Å². The van der Waals surface area contributed by atoms with Gasteiger partial charge >= 0.3 is 6.18 Å². The number of hydrogen-bond acceptors (Lipinski definition) is 2. The van der Waals surface area contributed by atoms with Crippen LogP contribution in [0.1, 0.15) is 12.8 Å². The van der Waals surface area contributed by atoms with Crippen molar-refractivity contribution >= 4 is 18.3 Å². The number of alkyl halides is 3. The normalized spacial score (nSPS) is 26.1. The maximum absolute atomic E-state index is 12.5. The Balaban J connectivity index is 0.00000144. The van der Waals surface area contributed by atoms with Crippen LogP contribution >= 0.6 is 12.4 Å². The number of carbonyl (C=O) groups is 1. The van der Waals surface area contributed by atoms with Crippen molar-refractivity contribution in [1.82, 2.24) is 10.2 Å². The van der Waals surface area contributed by atoms with Crippen LogP contribution in [0.25, 0.3) is 0 Å². The quantitative estimate of drug-likeness (QED) is 0.783. The maximum atomic E-state index is 12.5. The summed E-state index contributed by atoms with van der Waals surface area (Å²) in [5, 5.41) is 2.95. The molecule has 0 aliphatic carbocycles. The number of hydrogen-bond donors (Lipinski definition) is 1. The van der Waals surface area contributed by atoms with Crippen molar-refractivity contribution < 1.29 is 18.0 Å². The van der Waals surface area contributed by atoms with Gasteiger partial charge in [0.2, 0.25) is 5.91 Å². The molecule has 2 fully saturated rings. The van der Waals surface area contributed by atoms with Crippen LogP contribution in [0.3, 0.4) is 0 Å². The number of likely N-dealkylation sites (tertiary alicyclic amines) is 1. The largest absolute Gasteiger partial charge is 0.393 e. The predicted octanol–water partition coefficient (Wildman–Crippen LogP) is 1.43. The Morgan fingerprint density at radius 1 is 1.29 bits per heavy atom. The zero-order valence-electron chi connectivity index (χ0n) is 9.29. The number of rotatable bonds is 1. The van der Waals surface area contributed by atoms with E-state index in [4.69, 9.17) is 0 Å². The van der Waals surface area contributed by atoms with Crippen LogP contribution in [-0.4, -0.2) is 43.2 Å². The van der Waals surface area contributed by atoms with E-state index < -0.39 is 12.1 Å². The number of piperidine rings is 1. The Morgan fingerprint density at radius 2 is 1.94 bits per heavy atom. The Kier molecular flexibility index (Phi) is 4.66. The molecule has 1 amide bonds. The van der Waals surface area contributed by atoms with Gasteiger partial charge in [0.05, 0.1) is 11.8 Å². The molecule has 0 aromatic rings. The molecule has 2 saturated heterocycles. The summed E-state index contributed by atoms with van der Waals surface area (Å²) < 4.78 is 37.6. The first-order valence-corrected chi connectivity index (χ1v) is 5.54. The number of amides is 1. The van der Waals surface area contributed by atoms with Crippen molar-refractivity contribution in [1.29, 1.82) is 0 Å². The lowest BCUT2D eigenvalue weighted by Crippen LogP contribution is -2.54. The third-order valence-corrected chi connectivity index (χ3v) is 3.33. The molecule has 2 aliphatic rings. The van der Waals surface area contributed by atoms with Gasteiger partial charge in [-0.3, -0.25) is 4.79 Å². The molecule has 0 spiro atoms. The highest BCUT2D eigenvalue weighted by atomic mass is 35.5. The Hall–Kier alpha value is -0.490. The molecule has 7 heteroatoms. The van der Waals surface area contributed by atoms with Gasteiger partial charge in [-0.05, 0) is 12.8 Å². The van der Waals surface area contributed by atoms with Gasteiger partial charge in [-0.15, -0.1) is 12.4 Å². The molecule has 0 aromatic heterocycles. The van der Waals surface area contributed by atoms with Crippen molar-refractivity contribution in [3.8, 4) is 0 Å². The van der Waals surface area contributed by atoms with Gasteiger partial charge in [-0.25, -0.2) is 0 Å². The fourth-order valence-electron chi connectivity index (χ4n) is 2.17. The molecule has 100 valence electrons. The van der Waals surface area contributed by atoms with E-state index in [0.717, 1.165) is 0 Å². The average molecular weight is 273 g/mol. The third-order valence-electron chi connectivity index (χ3n) is 3.33. The number of halogens is 4. The molecule has 0 radical (unpaired) electrons. The topological polar surface area (TPSA) is 32.3 Å². The highest BCUT2D eigenvalue weighted by molar-refractivity contribution is 5.85. The lowest BCUT2D eigenvalue weighted by molar-refractivity contribution is -0.189. The second kappa shape index (κ2) is 5.44. The van der Waals surface area contributed by atoms with Gasteiger partial charge in [-0.1, -0.05) is 0 Å². The highest BCUT2D eigenvalue weighted by Gasteiger charge is 2.43. The molecule has 2 heterocycles. The summed E-state index contributed by atoms with van der Waals surface area (Å²) in [5.41, 5.74) is 0. The molecule has 3 nitrogen and oxygen atoms in total. The minimum absolute atomic E-state index is 0. The van der Waals surface area contributed by atoms with Crippen molar-refractivity contribution in [3.63, 3.8) is 0 Å². The van der Waals surface area contributed by atoms with Crippen LogP contribution in [-0.2, 0) is 4.79 Å². The van der Waals surface area contributed by atoms with Crippen molar-refractivity contribution in [2.45, 2.75) is 19.0 Å². The smallest absolute Gasteiger partial charge is 0.342 e. The van der Waals surface area contributed by atoms with Crippen molar-refractivity contribution in [2.75, 3.05) is 26.2 Å². The second-order valence-electron chi connectivity index (χ2n) is 4.52. The minimum atomic E-state index is -4.17. The lowest BCUT2D eigenvalue weighted by Gasteiger charge is -2.38. The maximum Gasteiger partial charge on any atom is 0.393 e. The van der Waals surface area contributed by atoms with Gasteiger partial charge in [0, 0.05) is 26.2 Å². The summed E-state index contributed by atoms with van der Waals surface area (Å²) in [6, 6.07) is 0. The van der Waals surface area contributed by atoms with Crippen LogP contribution in [0, 0.1) is 11.8 Å². The molecule has 17 heavy (non-hydrogen) atoms. The van der Waals surface area contributed by atoms with E-state index in [0.29, 0.717) is 26.1 Å². The first kappa shape index (κ1) is 14.6. The van der Waals surface area contributed by atoms with Crippen LogP contribution in [0.4, 0.5) is 13.2 Å². The monoisotopic (exact) mass is 272 g/mol. The molecule has 1 unspecified atom stereocenters. The van der Waals surface area contributed by atoms with Crippen molar-refractivity contribution in [3.05, 3.63) is 0 Å². The molecule has 1 N–H and O–H groups in total. The summed E-state index contributed by atoms with van der Waals surface area (Å²) in [6.45, 7) is 1.53. The Bertz CT molecular complexity index is 281. The molecule has 0 aromatic carbocycles. The Labute approximate surface area is 104 Å². The first-order chi connectivity index (χ1) is 7.48. The number of carbonyl (C=O) groups excluding carboxylic acids is 1. The third kappa shape index (κ3) is 3.25. The van der Waals surface area contributed by atoms with E-state index in [-0.39, 0.29) is 37.2 Å².